The molecule has 35 heavy (non-hydrogen) atoms. The highest BCUT2D eigenvalue weighted by Crippen LogP contribution is 2.23. The highest BCUT2D eigenvalue weighted by Gasteiger charge is 2.11. The molecule has 0 saturated heterocycles. The summed E-state index contributed by atoms with van der Waals surface area (Å²) in [6.07, 6.45) is 1.56. The van der Waals surface area contributed by atoms with E-state index in [0.717, 1.165) is 16.7 Å². The number of nitrogens with one attached hydrogen (secondary N) is 1. The number of hydrogen-bond donors (Lipinski definition) is 1. The number of rotatable bonds is 9. The van der Waals surface area contributed by atoms with E-state index in [1.807, 2.05) is 66.7 Å². The predicted octanol–water partition coefficient (Wildman–Crippen LogP) is 6.92. The third-order valence-corrected chi connectivity index (χ3v) is 5.76. The van der Waals surface area contributed by atoms with Crippen molar-refractivity contribution < 1.29 is 14.3 Å². The lowest BCUT2D eigenvalue weighted by Gasteiger charge is -2.10. The Morgan fingerprint density at radius 1 is 0.771 bits per heavy atom. The Balaban J connectivity index is 1.30. The first-order chi connectivity index (χ1) is 17.1. The van der Waals surface area contributed by atoms with Gasteiger partial charge in [-0.15, -0.1) is 0 Å². The molecule has 1 N–H and O–H groups in total. The number of ether oxygens (including phenoxy) is 2. The van der Waals surface area contributed by atoms with Gasteiger partial charge in [0, 0.05) is 0 Å². The van der Waals surface area contributed by atoms with Gasteiger partial charge in [-0.3, -0.25) is 4.79 Å². The monoisotopic (exact) mass is 504 g/mol. The summed E-state index contributed by atoms with van der Waals surface area (Å²) in [5, 5.41) is 5.07. The second-order valence-corrected chi connectivity index (χ2v) is 8.39. The van der Waals surface area contributed by atoms with Crippen molar-refractivity contribution in [2.45, 2.75) is 13.2 Å². The quantitative estimate of drug-likeness (QED) is 0.199. The maximum absolute atomic E-state index is 12.6. The van der Waals surface area contributed by atoms with Crippen LogP contribution in [0, 0.1) is 0 Å². The number of carbonyl (C=O) groups is 1. The van der Waals surface area contributed by atoms with Gasteiger partial charge in [0.2, 0.25) is 0 Å². The first kappa shape index (κ1) is 24.3. The van der Waals surface area contributed by atoms with Crippen LogP contribution < -0.4 is 14.9 Å². The zero-order valence-corrected chi connectivity index (χ0v) is 20.2. The van der Waals surface area contributed by atoms with E-state index in [1.54, 1.807) is 36.5 Å². The molecular weight excluding hydrogens is 483 g/mol. The molecule has 0 unspecified atom stereocenters. The van der Waals surface area contributed by atoms with Gasteiger partial charge in [-0.25, -0.2) is 5.43 Å². The highest BCUT2D eigenvalue weighted by atomic mass is 35.5. The first-order valence-corrected chi connectivity index (χ1v) is 11.6. The van der Waals surface area contributed by atoms with Gasteiger partial charge in [0.25, 0.3) is 5.91 Å². The smallest absolute Gasteiger partial charge is 0.275 e. The molecule has 176 valence electrons. The van der Waals surface area contributed by atoms with Crippen LogP contribution in [0.4, 0.5) is 0 Å². The number of hydrazone groups is 1. The van der Waals surface area contributed by atoms with Crippen LogP contribution in [-0.2, 0) is 13.2 Å². The molecule has 5 nitrogen and oxygen atoms in total. The fourth-order valence-corrected chi connectivity index (χ4v) is 3.51. The zero-order valence-electron chi connectivity index (χ0n) is 18.7. The molecule has 0 fully saturated rings. The second-order valence-electron chi connectivity index (χ2n) is 7.58. The molecule has 4 aromatic carbocycles. The predicted molar refractivity (Wildman–Crippen MR) is 140 cm³/mol. The van der Waals surface area contributed by atoms with Crippen molar-refractivity contribution in [3.05, 3.63) is 129 Å². The van der Waals surface area contributed by atoms with Crippen LogP contribution in [0.25, 0.3) is 0 Å². The van der Waals surface area contributed by atoms with E-state index in [-0.39, 0.29) is 5.91 Å². The molecule has 0 aromatic heterocycles. The van der Waals surface area contributed by atoms with E-state index in [2.05, 4.69) is 10.5 Å². The highest BCUT2D eigenvalue weighted by molar-refractivity contribution is 6.42. The van der Waals surface area contributed by atoms with Gasteiger partial charge in [0.05, 0.1) is 21.8 Å². The van der Waals surface area contributed by atoms with Crippen LogP contribution in [0.5, 0.6) is 11.5 Å². The molecule has 7 heteroatoms. The molecule has 0 aliphatic heterocycles. The first-order valence-electron chi connectivity index (χ1n) is 10.8. The summed E-state index contributed by atoms with van der Waals surface area (Å²) in [4.78, 5) is 12.6. The summed E-state index contributed by atoms with van der Waals surface area (Å²) in [5.41, 5.74) is 5.70. The maximum Gasteiger partial charge on any atom is 0.275 e. The lowest BCUT2D eigenvalue weighted by atomic mass is 10.2. The van der Waals surface area contributed by atoms with Gasteiger partial charge in [0.1, 0.15) is 24.7 Å². The number of carbonyl (C=O) groups excluding carboxylic acids is 1. The summed E-state index contributed by atoms with van der Waals surface area (Å²) in [5.74, 6) is 0.834. The summed E-state index contributed by atoms with van der Waals surface area (Å²) in [6.45, 7) is 0.736. The van der Waals surface area contributed by atoms with E-state index in [1.165, 1.54) is 0 Å². The topological polar surface area (TPSA) is 59.9 Å². The SMILES string of the molecule is O=C(NN=Cc1ccc(OCc2ccc(Cl)c(Cl)c2)cc1)c1ccccc1OCc1ccccc1. The summed E-state index contributed by atoms with van der Waals surface area (Å²) in [7, 11) is 0. The molecule has 0 aliphatic carbocycles. The minimum atomic E-state index is -0.355. The number of hydrogen-bond acceptors (Lipinski definition) is 4. The van der Waals surface area contributed by atoms with Crippen molar-refractivity contribution in [2.24, 2.45) is 5.10 Å². The second kappa shape index (κ2) is 12.1. The van der Waals surface area contributed by atoms with Crippen molar-refractivity contribution >= 4 is 35.3 Å². The number of halogens is 2. The van der Waals surface area contributed by atoms with E-state index < -0.39 is 0 Å². The molecule has 0 heterocycles. The van der Waals surface area contributed by atoms with E-state index in [9.17, 15) is 4.79 Å². The molecule has 4 aromatic rings. The number of nitrogens with zero attached hydrogens (tertiary/aromatic N) is 1. The van der Waals surface area contributed by atoms with Crippen LogP contribution in [0.15, 0.2) is 102 Å². The lowest BCUT2D eigenvalue weighted by molar-refractivity contribution is 0.0950. The normalized spacial score (nSPS) is 10.8. The minimum Gasteiger partial charge on any atom is -0.489 e. The summed E-state index contributed by atoms with van der Waals surface area (Å²) in [6, 6.07) is 29.6. The molecule has 0 aliphatic rings. The average Bonchev–Trinajstić information content (AvgIpc) is 2.89. The van der Waals surface area contributed by atoms with Crippen molar-refractivity contribution in [3.63, 3.8) is 0 Å². The van der Waals surface area contributed by atoms with Gasteiger partial charge in [-0.2, -0.15) is 5.10 Å². The molecule has 0 atom stereocenters. The molecule has 0 radical (unpaired) electrons. The standard InChI is InChI=1S/C28H22Cl2N2O3/c29-25-15-12-22(16-26(25)30)19-34-23-13-10-20(11-14-23)17-31-32-28(33)24-8-4-5-9-27(24)35-18-21-6-2-1-3-7-21/h1-17H,18-19H2,(H,32,33). The van der Waals surface area contributed by atoms with Gasteiger partial charge in [-0.1, -0.05) is 71.7 Å². The van der Waals surface area contributed by atoms with Crippen molar-refractivity contribution in [3.8, 4) is 11.5 Å². The molecule has 0 spiro atoms. The molecule has 0 bridgehead atoms. The largest absolute Gasteiger partial charge is 0.489 e. The lowest BCUT2D eigenvalue weighted by Crippen LogP contribution is -2.18. The minimum absolute atomic E-state index is 0.355. The van der Waals surface area contributed by atoms with Crippen molar-refractivity contribution in [2.75, 3.05) is 0 Å². The average molecular weight is 505 g/mol. The summed E-state index contributed by atoms with van der Waals surface area (Å²) < 4.78 is 11.6. The Labute approximate surface area is 213 Å². The summed E-state index contributed by atoms with van der Waals surface area (Å²) >= 11 is 12.0. The molecule has 1 amide bonds. The Morgan fingerprint density at radius 3 is 2.26 bits per heavy atom. The van der Waals surface area contributed by atoms with Gasteiger partial charge < -0.3 is 9.47 Å². The Morgan fingerprint density at radius 2 is 1.49 bits per heavy atom. The third kappa shape index (κ3) is 7.09. The maximum atomic E-state index is 12.6. The van der Waals surface area contributed by atoms with E-state index in [4.69, 9.17) is 32.7 Å². The fraction of sp³-hybridized carbons (Fsp3) is 0.0714. The molecule has 4 rings (SSSR count). The Kier molecular flexibility index (Phi) is 8.39. The molecular formula is C28H22Cl2N2O3. The van der Waals surface area contributed by atoms with Gasteiger partial charge >= 0.3 is 0 Å². The van der Waals surface area contributed by atoms with Gasteiger partial charge in [0.15, 0.2) is 0 Å². The fourth-order valence-electron chi connectivity index (χ4n) is 3.19. The molecule has 0 saturated carbocycles. The van der Waals surface area contributed by atoms with E-state index in [0.29, 0.717) is 40.3 Å². The number of benzene rings is 4. The number of amides is 1. The van der Waals surface area contributed by atoms with Crippen LogP contribution in [0.1, 0.15) is 27.0 Å². The Hall–Kier alpha value is -3.80. The van der Waals surface area contributed by atoms with Crippen LogP contribution in [-0.4, -0.2) is 12.1 Å². The van der Waals surface area contributed by atoms with Crippen LogP contribution in [0.2, 0.25) is 10.0 Å². The Bertz CT molecular complexity index is 1310. The van der Waals surface area contributed by atoms with Crippen molar-refractivity contribution in [1.29, 1.82) is 0 Å². The van der Waals surface area contributed by atoms with Gasteiger partial charge in [-0.05, 0) is 65.2 Å². The van der Waals surface area contributed by atoms with E-state index >= 15 is 0 Å². The third-order valence-electron chi connectivity index (χ3n) is 5.02. The van der Waals surface area contributed by atoms with Crippen LogP contribution >= 0.6 is 23.2 Å². The van der Waals surface area contributed by atoms with Crippen molar-refractivity contribution in [1.82, 2.24) is 5.43 Å². The van der Waals surface area contributed by atoms with Crippen LogP contribution in [0.3, 0.4) is 0 Å². The zero-order chi connectivity index (χ0) is 24.5. The number of para-hydroxylation sites is 1.